The lowest BCUT2D eigenvalue weighted by molar-refractivity contribution is 0.585. The van der Waals surface area contributed by atoms with Crippen molar-refractivity contribution in [3.63, 3.8) is 0 Å². The summed E-state index contributed by atoms with van der Waals surface area (Å²) in [5.74, 6) is 0.521. The Balaban J connectivity index is 2.52. The third kappa shape index (κ3) is 1.74. The zero-order valence-corrected chi connectivity index (χ0v) is 8.40. The van der Waals surface area contributed by atoms with Crippen molar-refractivity contribution < 1.29 is 4.42 Å². The Labute approximate surface area is 87.3 Å². The van der Waals surface area contributed by atoms with E-state index >= 15 is 0 Å². The largest absolute Gasteiger partial charge is 0.434 e. The van der Waals surface area contributed by atoms with Crippen molar-refractivity contribution in [2.45, 2.75) is 0 Å². The molecule has 0 aromatic carbocycles. The molecule has 0 bridgehead atoms. The second kappa shape index (κ2) is 3.96. The predicted molar refractivity (Wildman–Crippen MR) is 59.0 cm³/mol. The third-order valence-electron chi connectivity index (χ3n) is 1.93. The summed E-state index contributed by atoms with van der Waals surface area (Å²) >= 11 is 0. The van der Waals surface area contributed by atoms with Gasteiger partial charge in [0, 0.05) is 19.4 Å². The Morgan fingerprint density at radius 1 is 1.60 bits per heavy atom. The van der Waals surface area contributed by atoms with Crippen molar-refractivity contribution in [1.82, 2.24) is 15.3 Å². The van der Waals surface area contributed by atoms with E-state index < -0.39 is 0 Å². The molecule has 2 aromatic heterocycles. The molecule has 76 valence electrons. The minimum atomic E-state index is 0.521. The quantitative estimate of drug-likeness (QED) is 0.771. The number of pyridine rings is 1. The molecule has 0 unspecified atom stereocenters. The summed E-state index contributed by atoms with van der Waals surface area (Å²) in [7, 11) is 1.81. The Bertz CT molecular complexity index is 480. The van der Waals surface area contributed by atoms with Crippen molar-refractivity contribution in [3.05, 3.63) is 43.1 Å². The second-order valence-electron chi connectivity index (χ2n) is 2.94. The summed E-state index contributed by atoms with van der Waals surface area (Å²) in [6.07, 6.45) is 5.14. The monoisotopic (exact) mass is 201 g/mol. The first-order chi connectivity index (χ1) is 7.35. The van der Waals surface area contributed by atoms with Crippen LogP contribution in [0.15, 0.2) is 41.6 Å². The Morgan fingerprint density at radius 3 is 3.13 bits per heavy atom. The lowest BCUT2D eigenvalue weighted by atomic mass is 10.3. The minimum Gasteiger partial charge on any atom is -0.434 e. The van der Waals surface area contributed by atoms with E-state index in [0.29, 0.717) is 17.1 Å². The Morgan fingerprint density at radius 2 is 2.47 bits per heavy atom. The van der Waals surface area contributed by atoms with Crippen LogP contribution in [-0.2, 0) is 0 Å². The van der Waals surface area contributed by atoms with Gasteiger partial charge in [-0.15, -0.1) is 0 Å². The number of oxazole rings is 1. The topological polar surface area (TPSA) is 51.0 Å². The number of nitrogens with zero attached hydrogens (tertiary/aromatic N) is 2. The average molecular weight is 201 g/mol. The molecule has 0 amide bonds. The van der Waals surface area contributed by atoms with Crippen molar-refractivity contribution in [3.8, 4) is 0 Å². The first kappa shape index (κ1) is 9.45. The van der Waals surface area contributed by atoms with Crippen LogP contribution in [0.1, 0.15) is 5.89 Å². The molecule has 0 radical (unpaired) electrons. The highest BCUT2D eigenvalue weighted by Gasteiger charge is 2.07. The molecule has 0 spiro atoms. The van der Waals surface area contributed by atoms with E-state index in [2.05, 4.69) is 21.9 Å². The summed E-state index contributed by atoms with van der Waals surface area (Å²) in [4.78, 5) is 8.34. The summed E-state index contributed by atoms with van der Waals surface area (Å²) in [5.41, 5.74) is 2.09. The molecule has 4 nitrogen and oxygen atoms in total. The van der Waals surface area contributed by atoms with E-state index in [1.807, 2.05) is 19.2 Å². The van der Waals surface area contributed by atoms with Crippen molar-refractivity contribution in [1.29, 1.82) is 0 Å². The van der Waals surface area contributed by atoms with Crippen LogP contribution in [-0.4, -0.2) is 17.0 Å². The van der Waals surface area contributed by atoms with Gasteiger partial charge in [-0.2, -0.15) is 4.98 Å². The molecular formula is C11H11N3O. The Kier molecular flexibility index (Phi) is 2.49. The van der Waals surface area contributed by atoms with Gasteiger partial charge < -0.3 is 9.73 Å². The Hall–Kier alpha value is -2.10. The molecule has 1 N–H and O–H groups in total. The zero-order valence-electron chi connectivity index (χ0n) is 8.40. The van der Waals surface area contributed by atoms with Crippen LogP contribution >= 0.6 is 0 Å². The second-order valence-corrected chi connectivity index (χ2v) is 2.94. The van der Waals surface area contributed by atoms with Gasteiger partial charge in [0.05, 0.1) is 5.57 Å². The number of hydrogen-bond acceptors (Lipinski definition) is 4. The maximum Gasteiger partial charge on any atom is 0.230 e. The van der Waals surface area contributed by atoms with Crippen LogP contribution in [0, 0.1) is 0 Å². The molecule has 0 saturated carbocycles. The van der Waals surface area contributed by atoms with Crippen molar-refractivity contribution in [2.75, 3.05) is 7.05 Å². The summed E-state index contributed by atoms with van der Waals surface area (Å²) in [6, 6.07) is 3.64. The van der Waals surface area contributed by atoms with Crippen LogP contribution in [0.4, 0.5) is 0 Å². The van der Waals surface area contributed by atoms with Crippen molar-refractivity contribution >= 4 is 16.8 Å². The maximum absolute atomic E-state index is 5.52. The average Bonchev–Trinajstić information content (AvgIpc) is 2.69. The van der Waals surface area contributed by atoms with E-state index in [9.17, 15) is 0 Å². The van der Waals surface area contributed by atoms with Crippen LogP contribution in [0.25, 0.3) is 16.8 Å². The molecule has 4 heteroatoms. The fraction of sp³-hybridized carbons (Fsp3) is 0.0909. The highest BCUT2D eigenvalue weighted by atomic mass is 16.3. The van der Waals surface area contributed by atoms with Gasteiger partial charge >= 0.3 is 0 Å². The smallest absolute Gasteiger partial charge is 0.230 e. The van der Waals surface area contributed by atoms with Gasteiger partial charge in [0.2, 0.25) is 5.89 Å². The van der Waals surface area contributed by atoms with Gasteiger partial charge in [-0.05, 0) is 12.1 Å². The fourth-order valence-corrected chi connectivity index (χ4v) is 1.26. The van der Waals surface area contributed by atoms with Crippen LogP contribution in [0.5, 0.6) is 0 Å². The van der Waals surface area contributed by atoms with Crippen LogP contribution < -0.4 is 5.32 Å². The minimum absolute atomic E-state index is 0.521. The molecule has 0 aliphatic heterocycles. The van der Waals surface area contributed by atoms with Gasteiger partial charge in [-0.1, -0.05) is 12.7 Å². The highest BCUT2D eigenvalue weighted by Crippen LogP contribution is 2.19. The van der Waals surface area contributed by atoms with Crippen LogP contribution in [0.2, 0.25) is 0 Å². The summed E-state index contributed by atoms with van der Waals surface area (Å²) in [6.45, 7) is 3.70. The van der Waals surface area contributed by atoms with E-state index in [4.69, 9.17) is 4.42 Å². The molecule has 15 heavy (non-hydrogen) atoms. The van der Waals surface area contributed by atoms with Gasteiger partial charge in [-0.25, -0.2) is 4.98 Å². The fourth-order valence-electron chi connectivity index (χ4n) is 1.26. The molecule has 0 aliphatic carbocycles. The summed E-state index contributed by atoms with van der Waals surface area (Å²) < 4.78 is 5.52. The van der Waals surface area contributed by atoms with Gasteiger partial charge in [0.1, 0.15) is 0 Å². The number of rotatable bonds is 3. The molecule has 0 atom stereocenters. The van der Waals surface area contributed by atoms with Gasteiger partial charge in [0.15, 0.2) is 11.2 Å². The third-order valence-corrected chi connectivity index (χ3v) is 1.93. The first-order valence-electron chi connectivity index (χ1n) is 4.57. The number of allylic oxidation sites excluding steroid dienone is 2. The van der Waals surface area contributed by atoms with Gasteiger partial charge in [-0.3, -0.25) is 0 Å². The molecule has 2 rings (SSSR count). The number of aromatic nitrogens is 2. The molecule has 0 aliphatic rings. The number of hydrogen-bond donors (Lipinski definition) is 1. The van der Waals surface area contributed by atoms with E-state index in [0.717, 1.165) is 5.57 Å². The first-order valence-corrected chi connectivity index (χ1v) is 4.57. The lowest BCUT2D eigenvalue weighted by Gasteiger charge is -1.94. The predicted octanol–water partition coefficient (Wildman–Crippen LogP) is 1.97. The molecule has 0 fully saturated rings. The van der Waals surface area contributed by atoms with E-state index in [1.165, 1.54) is 0 Å². The SMILES string of the molecule is C=C/C(=C\NC)c1nc2ncccc2o1. The lowest BCUT2D eigenvalue weighted by Crippen LogP contribution is -1.94. The standard InChI is InChI=1S/C11H11N3O/c1-3-8(7-12-2)11-14-10-9(15-11)5-4-6-13-10/h3-7,12H,1H2,2H3/b8-7+. The number of fused-ring (bicyclic) bond motifs is 1. The summed E-state index contributed by atoms with van der Waals surface area (Å²) in [5, 5.41) is 2.91. The van der Waals surface area contributed by atoms with Gasteiger partial charge in [0.25, 0.3) is 0 Å². The molecular weight excluding hydrogens is 190 g/mol. The highest BCUT2D eigenvalue weighted by molar-refractivity contribution is 5.74. The zero-order chi connectivity index (χ0) is 10.7. The maximum atomic E-state index is 5.52. The van der Waals surface area contributed by atoms with E-state index in [-0.39, 0.29) is 0 Å². The molecule has 0 saturated heterocycles. The van der Waals surface area contributed by atoms with Crippen LogP contribution in [0.3, 0.4) is 0 Å². The normalized spacial score (nSPS) is 11.7. The van der Waals surface area contributed by atoms with Crippen molar-refractivity contribution in [2.24, 2.45) is 0 Å². The van der Waals surface area contributed by atoms with E-state index in [1.54, 1.807) is 18.5 Å². The number of nitrogens with one attached hydrogen (secondary N) is 1. The molecule has 2 aromatic rings. The molecule has 2 heterocycles.